The van der Waals surface area contributed by atoms with Gasteiger partial charge < -0.3 is 15.2 Å². The minimum atomic E-state index is -1.17. The van der Waals surface area contributed by atoms with Gasteiger partial charge in [0, 0.05) is 12.1 Å². The van der Waals surface area contributed by atoms with Gasteiger partial charge in [-0.05, 0) is 24.6 Å². The van der Waals surface area contributed by atoms with Crippen LogP contribution in [0, 0.1) is 10.1 Å². The van der Waals surface area contributed by atoms with Crippen LogP contribution in [-0.2, 0) is 16.1 Å². The van der Waals surface area contributed by atoms with Gasteiger partial charge in [-0.3, -0.25) is 14.9 Å². The van der Waals surface area contributed by atoms with E-state index in [1.165, 1.54) is 31.2 Å². The summed E-state index contributed by atoms with van der Waals surface area (Å²) < 4.78 is 4.77. The summed E-state index contributed by atoms with van der Waals surface area (Å²) in [4.78, 5) is 31.6. The molecule has 0 saturated heterocycles. The number of nitrogens with one attached hydrogen (secondary N) is 1. The molecule has 8 nitrogen and oxygen atoms in total. The molecule has 0 spiro atoms. The number of nitro benzene ring substituents is 1. The number of carbonyl (C=O) groups excluding carboxylic acids is 1. The molecular formula is C11H12N2O6. The van der Waals surface area contributed by atoms with Crippen LogP contribution in [-0.4, -0.2) is 28.1 Å². The monoisotopic (exact) mass is 268 g/mol. The lowest BCUT2D eigenvalue weighted by atomic mass is 10.2. The average Bonchev–Trinajstić information content (AvgIpc) is 2.36. The number of carbonyl (C=O) groups is 2. The summed E-state index contributed by atoms with van der Waals surface area (Å²) in [6.07, 6.45) is -0.867. The van der Waals surface area contributed by atoms with Crippen molar-refractivity contribution in [1.82, 2.24) is 5.32 Å². The van der Waals surface area contributed by atoms with Crippen molar-refractivity contribution in [1.29, 1.82) is 0 Å². The fourth-order valence-electron chi connectivity index (χ4n) is 1.14. The number of carboxylic acids is 1. The van der Waals surface area contributed by atoms with Crippen LogP contribution in [0.25, 0.3) is 0 Å². The maximum atomic E-state index is 11.2. The molecule has 1 aromatic rings. The number of amides is 1. The lowest BCUT2D eigenvalue weighted by Crippen LogP contribution is -2.38. The van der Waals surface area contributed by atoms with E-state index in [4.69, 9.17) is 9.84 Å². The molecule has 0 unspecified atom stereocenters. The summed E-state index contributed by atoms with van der Waals surface area (Å²) in [6.45, 7) is 1.20. The quantitative estimate of drug-likeness (QED) is 0.613. The molecule has 102 valence electrons. The Labute approximate surface area is 108 Å². The van der Waals surface area contributed by atoms with Gasteiger partial charge in [-0.2, -0.15) is 0 Å². The first-order chi connectivity index (χ1) is 8.90. The Balaban J connectivity index is 2.46. The van der Waals surface area contributed by atoms with Gasteiger partial charge in [-0.15, -0.1) is 0 Å². The predicted molar refractivity (Wildman–Crippen MR) is 63.5 cm³/mol. The van der Waals surface area contributed by atoms with E-state index in [1.807, 2.05) is 0 Å². The highest BCUT2D eigenvalue weighted by molar-refractivity contribution is 5.79. The summed E-state index contributed by atoms with van der Waals surface area (Å²) in [7, 11) is 0. The minimum Gasteiger partial charge on any atom is -0.480 e. The van der Waals surface area contributed by atoms with Crippen LogP contribution in [0.1, 0.15) is 12.5 Å². The fraction of sp³-hybridized carbons (Fsp3) is 0.273. The van der Waals surface area contributed by atoms with Crippen LogP contribution in [0.15, 0.2) is 24.3 Å². The lowest BCUT2D eigenvalue weighted by Gasteiger charge is -2.09. The Hall–Kier alpha value is -2.64. The van der Waals surface area contributed by atoms with Crippen molar-refractivity contribution in [2.45, 2.75) is 19.6 Å². The second-order valence-electron chi connectivity index (χ2n) is 3.70. The summed E-state index contributed by atoms with van der Waals surface area (Å²) in [6, 6.07) is 4.43. The van der Waals surface area contributed by atoms with E-state index >= 15 is 0 Å². The number of non-ortho nitro benzene ring substituents is 1. The molecule has 0 saturated carbocycles. The van der Waals surface area contributed by atoms with E-state index in [0.29, 0.717) is 5.56 Å². The van der Waals surface area contributed by atoms with Crippen LogP contribution in [0.2, 0.25) is 0 Å². The molecule has 1 atom stereocenters. The van der Waals surface area contributed by atoms with Gasteiger partial charge in [0.25, 0.3) is 5.69 Å². The molecule has 1 amide bonds. The Morgan fingerprint density at radius 3 is 2.47 bits per heavy atom. The van der Waals surface area contributed by atoms with Crippen LogP contribution in [0.5, 0.6) is 0 Å². The first-order valence-electron chi connectivity index (χ1n) is 5.29. The van der Waals surface area contributed by atoms with Crippen molar-refractivity contribution in [3.63, 3.8) is 0 Å². The number of rotatable bonds is 5. The zero-order chi connectivity index (χ0) is 14.4. The van der Waals surface area contributed by atoms with Crippen molar-refractivity contribution in [2.24, 2.45) is 0 Å². The summed E-state index contributed by atoms with van der Waals surface area (Å²) in [5.41, 5.74) is 0.497. The molecular weight excluding hydrogens is 256 g/mol. The predicted octanol–water partition coefficient (Wildman–Crippen LogP) is 1.29. The molecule has 0 aliphatic rings. The van der Waals surface area contributed by atoms with Crippen LogP contribution >= 0.6 is 0 Å². The van der Waals surface area contributed by atoms with Crippen molar-refractivity contribution >= 4 is 17.7 Å². The van der Waals surface area contributed by atoms with Crippen LogP contribution in [0.3, 0.4) is 0 Å². The van der Waals surface area contributed by atoms with Gasteiger partial charge in [-0.1, -0.05) is 0 Å². The van der Waals surface area contributed by atoms with Crippen molar-refractivity contribution < 1.29 is 24.4 Å². The van der Waals surface area contributed by atoms with Crippen LogP contribution in [0.4, 0.5) is 10.5 Å². The zero-order valence-electron chi connectivity index (χ0n) is 10.0. The Morgan fingerprint density at radius 1 is 1.42 bits per heavy atom. The molecule has 1 rings (SSSR count). The van der Waals surface area contributed by atoms with Gasteiger partial charge in [0.15, 0.2) is 0 Å². The lowest BCUT2D eigenvalue weighted by molar-refractivity contribution is -0.384. The summed E-state index contributed by atoms with van der Waals surface area (Å²) >= 11 is 0. The highest BCUT2D eigenvalue weighted by Gasteiger charge is 2.14. The molecule has 1 aromatic carbocycles. The number of benzene rings is 1. The van der Waals surface area contributed by atoms with E-state index in [-0.39, 0.29) is 12.3 Å². The summed E-state index contributed by atoms with van der Waals surface area (Å²) in [5.74, 6) is -1.17. The largest absolute Gasteiger partial charge is 0.480 e. The average molecular weight is 268 g/mol. The second-order valence-corrected chi connectivity index (χ2v) is 3.70. The number of nitro groups is 1. The van der Waals surface area contributed by atoms with Gasteiger partial charge in [0.05, 0.1) is 4.92 Å². The number of hydrogen-bond donors (Lipinski definition) is 2. The summed E-state index contributed by atoms with van der Waals surface area (Å²) in [5, 5.41) is 21.1. The van der Waals surface area contributed by atoms with Gasteiger partial charge in [0.2, 0.25) is 0 Å². The number of alkyl carbamates (subject to hydrolysis) is 1. The molecule has 0 aliphatic heterocycles. The molecule has 0 fully saturated rings. The number of aliphatic carboxylic acids is 1. The van der Waals surface area contributed by atoms with E-state index < -0.39 is 23.0 Å². The van der Waals surface area contributed by atoms with E-state index in [9.17, 15) is 19.7 Å². The van der Waals surface area contributed by atoms with Crippen LogP contribution < -0.4 is 5.32 Å². The highest BCUT2D eigenvalue weighted by Crippen LogP contribution is 2.12. The fourth-order valence-corrected chi connectivity index (χ4v) is 1.14. The van der Waals surface area contributed by atoms with Gasteiger partial charge in [-0.25, -0.2) is 4.79 Å². The van der Waals surface area contributed by atoms with Crippen molar-refractivity contribution in [3.8, 4) is 0 Å². The Morgan fingerprint density at radius 2 is 2.00 bits per heavy atom. The number of nitrogens with zero attached hydrogens (tertiary/aromatic N) is 1. The normalized spacial score (nSPS) is 11.4. The van der Waals surface area contributed by atoms with E-state index in [1.54, 1.807) is 0 Å². The number of ether oxygens (including phenoxy) is 1. The molecule has 0 bridgehead atoms. The molecule has 19 heavy (non-hydrogen) atoms. The second kappa shape index (κ2) is 6.34. The standard InChI is InChI=1S/C11H12N2O6/c1-7(10(14)15)12-11(16)19-6-8-2-4-9(5-3-8)13(17)18/h2-5,7H,6H2,1H3,(H,12,16)(H,14,15)/t7-/m0/s1. The molecule has 2 N–H and O–H groups in total. The van der Waals surface area contributed by atoms with E-state index in [2.05, 4.69) is 5.32 Å². The number of hydrogen-bond acceptors (Lipinski definition) is 5. The third kappa shape index (κ3) is 4.62. The zero-order valence-corrected chi connectivity index (χ0v) is 10.0. The minimum absolute atomic E-state index is 0.0623. The molecule has 0 radical (unpaired) electrons. The number of carboxylic acid groups (broad SMARTS) is 1. The van der Waals surface area contributed by atoms with Gasteiger partial charge in [0.1, 0.15) is 12.6 Å². The first-order valence-corrected chi connectivity index (χ1v) is 5.29. The first kappa shape index (κ1) is 14.4. The van der Waals surface area contributed by atoms with Gasteiger partial charge >= 0.3 is 12.1 Å². The van der Waals surface area contributed by atoms with Crippen molar-refractivity contribution in [3.05, 3.63) is 39.9 Å². The maximum absolute atomic E-state index is 11.2. The van der Waals surface area contributed by atoms with E-state index in [0.717, 1.165) is 0 Å². The Bertz CT molecular complexity index is 484. The molecule has 0 heterocycles. The molecule has 0 aliphatic carbocycles. The topological polar surface area (TPSA) is 119 Å². The third-order valence-corrected chi connectivity index (χ3v) is 2.22. The van der Waals surface area contributed by atoms with Crippen molar-refractivity contribution in [2.75, 3.05) is 0 Å². The Kier molecular flexibility index (Phi) is 4.81. The smallest absolute Gasteiger partial charge is 0.408 e. The maximum Gasteiger partial charge on any atom is 0.408 e. The highest BCUT2D eigenvalue weighted by atomic mass is 16.6. The third-order valence-electron chi connectivity index (χ3n) is 2.22. The SMILES string of the molecule is C[C@H](NC(=O)OCc1ccc([N+](=O)[O-])cc1)C(=O)O. The molecule has 0 aromatic heterocycles. The molecule has 8 heteroatoms.